The molecule has 9 heteroatoms. The molecule has 1 N–H and O–H groups in total. The third-order valence-corrected chi connectivity index (χ3v) is 4.14. The summed E-state index contributed by atoms with van der Waals surface area (Å²) in [6.45, 7) is 4.72. The molecule has 0 bridgehead atoms. The first-order chi connectivity index (χ1) is 13.1. The predicted molar refractivity (Wildman–Crippen MR) is 99.7 cm³/mol. The molecule has 1 amide bonds. The molecule has 0 saturated heterocycles. The second-order valence-corrected chi connectivity index (χ2v) is 5.93. The Balaban J connectivity index is 1.98. The highest BCUT2D eigenvalue weighted by atomic mass is 16.5. The Hall–Kier alpha value is -3.36. The SMILES string of the molecule is CCCn1nc(-n2cnnc2)c(NC(=O)c2cc(OC)cc(OC)c2)c1C. The maximum Gasteiger partial charge on any atom is 0.256 e. The minimum atomic E-state index is -0.291. The number of amides is 1. The highest BCUT2D eigenvalue weighted by molar-refractivity contribution is 6.06. The van der Waals surface area contributed by atoms with Crippen molar-refractivity contribution in [1.82, 2.24) is 24.5 Å². The molecule has 27 heavy (non-hydrogen) atoms. The number of benzene rings is 1. The second-order valence-electron chi connectivity index (χ2n) is 5.93. The normalized spacial score (nSPS) is 10.7. The van der Waals surface area contributed by atoms with Gasteiger partial charge < -0.3 is 14.8 Å². The van der Waals surface area contributed by atoms with Crippen molar-refractivity contribution in [2.24, 2.45) is 0 Å². The number of ether oxygens (including phenoxy) is 2. The molecule has 3 rings (SSSR count). The summed E-state index contributed by atoms with van der Waals surface area (Å²) in [6.07, 6.45) is 4.01. The van der Waals surface area contributed by atoms with Gasteiger partial charge in [-0.1, -0.05) is 6.92 Å². The van der Waals surface area contributed by atoms with Crippen molar-refractivity contribution in [3.8, 4) is 17.3 Å². The summed E-state index contributed by atoms with van der Waals surface area (Å²) in [4.78, 5) is 12.9. The molecule has 2 heterocycles. The van der Waals surface area contributed by atoms with Gasteiger partial charge in [0.15, 0.2) is 5.82 Å². The standard InChI is InChI=1S/C18H22N6O3/c1-5-6-24-12(2)16(17(22-24)23-10-19-20-11-23)21-18(25)13-7-14(26-3)9-15(8-13)27-4/h7-11H,5-6H2,1-4H3,(H,21,25). The average molecular weight is 370 g/mol. The fraction of sp³-hybridized carbons (Fsp3) is 0.333. The van der Waals surface area contributed by atoms with Gasteiger partial charge in [-0.3, -0.25) is 14.0 Å². The van der Waals surface area contributed by atoms with Crippen LogP contribution in [0.5, 0.6) is 11.5 Å². The van der Waals surface area contributed by atoms with Gasteiger partial charge in [-0.2, -0.15) is 5.10 Å². The molecule has 142 valence electrons. The van der Waals surface area contributed by atoms with Gasteiger partial charge >= 0.3 is 0 Å². The van der Waals surface area contributed by atoms with Gasteiger partial charge in [-0.15, -0.1) is 10.2 Å². The highest BCUT2D eigenvalue weighted by Gasteiger charge is 2.20. The van der Waals surface area contributed by atoms with Crippen molar-refractivity contribution in [3.05, 3.63) is 42.1 Å². The Kier molecular flexibility index (Phi) is 5.39. The Morgan fingerprint density at radius 3 is 2.30 bits per heavy atom. The van der Waals surface area contributed by atoms with Crippen LogP contribution in [0.15, 0.2) is 30.9 Å². The van der Waals surface area contributed by atoms with Crippen LogP contribution in [-0.2, 0) is 6.54 Å². The first-order valence-electron chi connectivity index (χ1n) is 8.54. The number of anilines is 1. The third kappa shape index (κ3) is 3.76. The van der Waals surface area contributed by atoms with Crippen LogP contribution in [0, 0.1) is 6.92 Å². The Morgan fingerprint density at radius 2 is 1.74 bits per heavy atom. The van der Waals surface area contributed by atoms with Gasteiger partial charge in [0.25, 0.3) is 5.91 Å². The summed E-state index contributed by atoms with van der Waals surface area (Å²) in [5.74, 6) is 1.35. The molecule has 0 saturated carbocycles. The summed E-state index contributed by atoms with van der Waals surface area (Å²) >= 11 is 0. The topological polar surface area (TPSA) is 96.1 Å². The lowest BCUT2D eigenvalue weighted by Crippen LogP contribution is -2.14. The number of rotatable bonds is 7. The molecule has 0 aliphatic rings. The summed E-state index contributed by atoms with van der Waals surface area (Å²) in [7, 11) is 3.08. The van der Waals surface area contributed by atoms with Crippen molar-refractivity contribution in [2.75, 3.05) is 19.5 Å². The number of hydrogen-bond donors (Lipinski definition) is 1. The molecule has 0 atom stereocenters. The molecule has 0 unspecified atom stereocenters. The zero-order valence-electron chi connectivity index (χ0n) is 15.8. The van der Waals surface area contributed by atoms with E-state index < -0.39 is 0 Å². The molecular weight excluding hydrogens is 348 g/mol. The summed E-state index contributed by atoms with van der Waals surface area (Å²) in [6, 6.07) is 5.02. The predicted octanol–water partition coefficient (Wildman–Crippen LogP) is 2.45. The van der Waals surface area contributed by atoms with Crippen LogP contribution in [-0.4, -0.2) is 44.7 Å². The lowest BCUT2D eigenvalue weighted by molar-refractivity contribution is 0.102. The number of nitrogens with one attached hydrogen (secondary N) is 1. The zero-order chi connectivity index (χ0) is 19.4. The van der Waals surface area contributed by atoms with E-state index in [2.05, 4.69) is 27.5 Å². The van der Waals surface area contributed by atoms with Crippen molar-refractivity contribution in [3.63, 3.8) is 0 Å². The fourth-order valence-corrected chi connectivity index (χ4v) is 2.72. The number of carbonyl (C=O) groups excluding carboxylic acids is 1. The maximum absolute atomic E-state index is 12.9. The molecule has 0 spiro atoms. The number of aryl methyl sites for hydroxylation is 1. The van der Waals surface area contributed by atoms with Crippen LogP contribution < -0.4 is 14.8 Å². The van der Waals surface area contributed by atoms with Crippen LogP contribution in [0.1, 0.15) is 29.4 Å². The van der Waals surface area contributed by atoms with E-state index >= 15 is 0 Å². The van der Waals surface area contributed by atoms with Gasteiger partial charge in [0.1, 0.15) is 29.8 Å². The zero-order valence-corrected chi connectivity index (χ0v) is 15.8. The minimum absolute atomic E-state index is 0.291. The molecule has 3 aromatic rings. The largest absolute Gasteiger partial charge is 0.497 e. The third-order valence-electron chi connectivity index (χ3n) is 4.14. The lowest BCUT2D eigenvalue weighted by atomic mass is 10.2. The van der Waals surface area contributed by atoms with Crippen molar-refractivity contribution >= 4 is 11.6 Å². The van der Waals surface area contributed by atoms with Gasteiger partial charge in [0.05, 0.1) is 19.9 Å². The number of methoxy groups -OCH3 is 2. The van der Waals surface area contributed by atoms with E-state index in [0.717, 1.165) is 18.7 Å². The lowest BCUT2D eigenvalue weighted by Gasteiger charge is -2.10. The second kappa shape index (κ2) is 7.90. The van der Waals surface area contributed by atoms with Gasteiger partial charge in [0, 0.05) is 18.2 Å². The summed E-state index contributed by atoms with van der Waals surface area (Å²) < 4.78 is 14.0. The first kappa shape index (κ1) is 18.4. The van der Waals surface area contributed by atoms with Crippen LogP contribution in [0.4, 0.5) is 5.69 Å². The molecule has 9 nitrogen and oxygen atoms in total. The van der Waals surface area contributed by atoms with E-state index in [1.165, 1.54) is 0 Å². The first-order valence-corrected chi connectivity index (χ1v) is 8.54. The van der Waals surface area contributed by atoms with E-state index in [9.17, 15) is 4.79 Å². The van der Waals surface area contributed by atoms with E-state index in [0.29, 0.717) is 28.6 Å². The van der Waals surface area contributed by atoms with Gasteiger partial charge in [-0.05, 0) is 25.5 Å². The molecule has 2 aromatic heterocycles. The van der Waals surface area contributed by atoms with E-state index in [1.807, 2.05) is 11.6 Å². The van der Waals surface area contributed by atoms with Crippen LogP contribution >= 0.6 is 0 Å². The number of aromatic nitrogens is 5. The Morgan fingerprint density at radius 1 is 1.11 bits per heavy atom. The molecule has 0 radical (unpaired) electrons. The van der Waals surface area contributed by atoms with Crippen molar-refractivity contribution in [2.45, 2.75) is 26.8 Å². The van der Waals surface area contributed by atoms with E-state index in [1.54, 1.807) is 49.6 Å². The van der Waals surface area contributed by atoms with Crippen LogP contribution in [0.2, 0.25) is 0 Å². The fourth-order valence-electron chi connectivity index (χ4n) is 2.72. The Bertz CT molecular complexity index is 911. The molecule has 1 aromatic carbocycles. The molecule has 0 aliphatic carbocycles. The van der Waals surface area contributed by atoms with Gasteiger partial charge in [-0.25, -0.2) is 0 Å². The number of carbonyl (C=O) groups is 1. The quantitative estimate of drug-likeness (QED) is 0.686. The number of nitrogens with zero attached hydrogens (tertiary/aromatic N) is 5. The highest BCUT2D eigenvalue weighted by Crippen LogP contribution is 2.27. The monoisotopic (exact) mass is 370 g/mol. The molecular formula is C18H22N6O3. The van der Waals surface area contributed by atoms with Gasteiger partial charge in [0.2, 0.25) is 0 Å². The maximum atomic E-state index is 12.9. The van der Waals surface area contributed by atoms with Crippen LogP contribution in [0.3, 0.4) is 0 Å². The van der Waals surface area contributed by atoms with E-state index in [-0.39, 0.29) is 5.91 Å². The Labute approximate surface area is 156 Å². The van der Waals surface area contributed by atoms with Crippen LogP contribution in [0.25, 0.3) is 5.82 Å². The van der Waals surface area contributed by atoms with E-state index in [4.69, 9.17) is 9.47 Å². The van der Waals surface area contributed by atoms with Crippen molar-refractivity contribution in [1.29, 1.82) is 0 Å². The number of hydrogen-bond acceptors (Lipinski definition) is 6. The molecule has 0 aliphatic heterocycles. The summed E-state index contributed by atoms with van der Waals surface area (Å²) in [5.41, 5.74) is 1.88. The summed E-state index contributed by atoms with van der Waals surface area (Å²) in [5, 5.41) is 15.2. The molecule has 0 fully saturated rings. The van der Waals surface area contributed by atoms with Crippen molar-refractivity contribution < 1.29 is 14.3 Å². The average Bonchev–Trinajstić information content (AvgIpc) is 3.31. The smallest absolute Gasteiger partial charge is 0.256 e. The minimum Gasteiger partial charge on any atom is -0.497 e.